The van der Waals surface area contributed by atoms with Crippen LogP contribution in [-0.2, 0) is 0 Å². The lowest BCUT2D eigenvalue weighted by molar-refractivity contribution is 0.388. The molecule has 2 aliphatic heterocycles. The maximum Gasteiger partial charge on any atom is 0.152 e. The molecule has 5 heteroatoms. The summed E-state index contributed by atoms with van der Waals surface area (Å²) >= 11 is 0. The summed E-state index contributed by atoms with van der Waals surface area (Å²) in [4.78, 5) is 15.0. The number of benzene rings is 4. The van der Waals surface area contributed by atoms with Gasteiger partial charge in [0, 0.05) is 40.0 Å². The first-order valence-electron chi connectivity index (χ1n) is 15.1. The van der Waals surface area contributed by atoms with Gasteiger partial charge in [0.2, 0.25) is 0 Å². The van der Waals surface area contributed by atoms with E-state index in [-0.39, 0.29) is 6.17 Å². The molecule has 4 aromatic carbocycles. The Morgan fingerprint density at radius 3 is 2.23 bits per heavy atom. The summed E-state index contributed by atoms with van der Waals surface area (Å²) in [5.41, 5.74) is 14.6. The van der Waals surface area contributed by atoms with Crippen molar-refractivity contribution in [2.24, 2.45) is 4.99 Å². The number of pyridine rings is 2. The van der Waals surface area contributed by atoms with Gasteiger partial charge in [-0.25, -0.2) is 4.99 Å². The van der Waals surface area contributed by atoms with E-state index in [1.807, 2.05) is 24.4 Å². The number of fused-ring (bicyclic) bond motifs is 4. The molecule has 0 amide bonds. The standard InChI is InChI=1S/C39H31N5/c1-25(2)35-23-33(32-20-19-29-14-9-21-40-36(29)37(32)41-35)28-15-17-30(18-16-28)38-42-39-34(27-12-7-4-8-13-27)22-31(24-44(39)43-38)26-10-5-3-6-11-26/h3-25,38,43H,1-2H3. The molecule has 0 aliphatic carbocycles. The van der Waals surface area contributed by atoms with Crippen LogP contribution in [0.4, 0.5) is 0 Å². The molecule has 2 aromatic heterocycles. The van der Waals surface area contributed by atoms with Gasteiger partial charge in [-0.15, -0.1) is 0 Å². The van der Waals surface area contributed by atoms with Crippen molar-refractivity contribution in [3.05, 3.63) is 156 Å². The van der Waals surface area contributed by atoms with Crippen LogP contribution in [0.15, 0.2) is 139 Å². The van der Waals surface area contributed by atoms with Gasteiger partial charge in [-0.3, -0.25) is 15.0 Å². The Morgan fingerprint density at radius 1 is 0.727 bits per heavy atom. The average molecular weight is 570 g/mol. The van der Waals surface area contributed by atoms with Crippen LogP contribution in [0.1, 0.15) is 48.3 Å². The molecule has 1 unspecified atom stereocenters. The van der Waals surface area contributed by atoms with Crippen LogP contribution in [0.3, 0.4) is 0 Å². The van der Waals surface area contributed by atoms with Crippen molar-refractivity contribution >= 4 is 38.8 Å². The fraction of sp³-hybridized carbons (Fsp3) is 0.103. The van der Waals surface area contributed by atoms with Gasteiger partial charge in [0.05, 0.1) is 11.0 Å². The quantitative estimate of drug-likeness (QED) is 0.211. The number of aromatic nitrogens is 2. The highest BCUT2D eigenvalue weighted by atomic mass is 15.6. The molecule has 0 fully saturated rings. The summed E-state index contributed by atoms with van der Waals surface area (Å²) in [5, 5.41) is 4.29. The number of rotatable bonds is 5. The average Bonchev–Trinajstić information content (AvgIpc) is 3.52. The van der Waals surface area contributed by atoms with Gasteiger partial charge in [-0.1, -0.05) is 117 Å². The van der Waals surface area contributed by atoms with E-state index < -0.39 is 0 Å². The Morgan fingerprint density at radius 2 is 1.48 bits per heavy atom. The SMILES string of the molecule is CC(C)c1cc(-c2ccc(C3N=C4C(c5ccccc5)=CC(c5ccccc5)=CN4N3)cc2)c2ccc3cccnc3c2n1. The molecule has 4 heterocycles. The van der Waals surface area contributed by atoms with Crippen LogP contribution < -0.4 is 5.43 Å². The third-order valence-electron chi connectivity index (χ3n) is 8.44. The van der Waals surface area contributed by atoms with Gasteiger partial charge < -0.3 is 0 Å². The third-order valence-corrected chi connectivity index (χ3v) is 8.44. The van der Waals surface area contributed by atoms with Crippen molar-refractivity contribution in [1.29, 1.82) is 0 Å². The van der Waals surface area contributed by atoms with E-state index in [1.165, 1.54) is 11.1 Å². The molecular formula is C39H31N5. The maximum atomic E-state index is 5.19. The predicted octanol–water partition coefficient (Wildman–Crippen LogP) is 8.93. The lowest BCUT2D eigenvalue weighted by Gasteiger charge is -2.25. The summed E-state index contributed by atoms with van der Waals surface area (Å²) in [6, 6.07) is 40.4. The monoisotopic (exact) mass is 569 g/mol. The topological polar surface area (TPSA) is 53.4 Å². The largest absolute Gasteiger partial charge is 0.264 e. The molecule has 0 radical (unpaired) electrons. The van der Waals surface area contributed by atoms with Crippen LogP contribution in [0.5, 0.6) is 0 Å². The number of hydrazine groups is 1. The van der Waals surface area contributed by atoms with E-state index in [1.54, 1.807) is 0 Å². The van der Waals surface area contributed by atoms with Gasteiger partial charge in [0.1, 0.15) is 6.17 Å². The fourth-order valence-corrected chi connectivity index (χ4v) is 6.09. The smallest absolute Gasteiger partial charge is 0.152 e. The molecule has 1 atom stereocenters. The van der Waals surface area contributed by atoms with Crippen LogP contribution >= 0.6 is 0 Å². The number of allylic oxidation sites excluding steroid dienone is 2. The summed E-state index contributed by atoms with van der Waals surface area (Å²) in [6.45, 7) is 4.38. The molecule has 6 aromatic rings. The molecule has 0 spiro atoms. The number of nitrogens with zero attached hydrogens (tertiary/aromatic N) is 4. The highest BCUT2D eigenvalue weighted by molar-refractivity contribution is 6.26. The molecule has 0 saturated carbocycles. The van der Waals surface area contributed by atoms with Crippen LogP contribution in [-0.4, -0.2) is 20.8 Å². The van der Waals surface area contributed by atoms with Gasteiger partial charge in [-0.05, 0) is 51.9 Å². The molecule has 1 N–H and O–H groups in total. The lowest BCUT2D eigenvalue weighted by atomic mass is 9.95. The number of hydrogen-bond donors (Lipinski definition) is 1. The number of nitrogens with one attached hydrogen (secondary N) is 1. The normalized spacial score (nSPS) is 16.2. The summed E-state index contributed by atoms with van der Waals surface area (Å²) in [7, 11) is 0. The van der Waals surface area contributed by atoms with E-state index in [4.69, 9.17) is 15.0 Å². The molecule has 0 bridgehead atoms. The molecule has 44 heavy (non-hydrogen) atoms. The second-order valence-electron chi connectivity index (χ2n) is 11.6. The zero-order chi connectivity index (χ0) is 29.6. The second-order valence-corrected chi connectivity index (χ2v) is 11.6. The summed E-state index contributed by atoms with van der Waals surface area (Å²) in [6.07, 6.45) is 6.03. The Balaban J connectivity index is 1.17. The summed E-state index contributed by atoms with van der Waals surface area (Å²) < 4.78 is 0. The third kappa shape index (κ3) is 4.59. The molecule has 8 rings (SSSR count). The molecular weight excluding hydrogens is 538 g/mol. The first kappa shape index (κ1) is 26.3. The van der Waals surface area contributed by atoms with Crippen LogP contribution in [0.2, 0.25) is 0 Å². The summed E-state index contributed by atoms with van der Waals surface area (Å²) in [5.74, 6) is 1.22. The van der Waals surface area contributed by atoms with Crippen molar-refractivity contribution < 1.29 is 0 Å². The Labute approximate surface area is 256 Å². The number of aliphatic imine (C=N–C) groups is 1. The van der Waals surface area contributed by atoms with Crippen molar-refractivity contribution in [2.45, 2.75) is 25.9 Å². The van der Waals surface area contributed by atoms with Gasteiger partial charge in [-0.2, -0.15) is 5.43 Å². The minimum Gasteiger partial charge on any atom is -0.264 e. The van der Waals surface area contributed by atoms with Crippen molar-refractivity contribution in [1.82, 2.24) is 20.4 Å². The maximum absolute atomic E-state index is 5.19. The van der Waals surface area contributed by atoms with Crippen molar-refractivity contribution in [3.63, 3.8) is 0 Å². The Hall–Kier alpha value is -5.39. The van der Waals surface area contributed by atoms with Crippen LogP contribution in [0, 0.1) is 0 Å². The second kappa shape index (κ2) is 10.7. The first-order valence-corrected chi connectivity index (χ1v) is 15.1. The Kier molecular flexibility index (Phi) is 6.39. The molecule has 212 valence electrons. The first-order chi connectivity index (χ1) is 21.6. The van der Waals surface area contributed by atoms with E-state index >= 15 is 0 Å². The lowest BCUT2D eigenvalue weighted by Crippen LogP contribution is -2.35. The predicted molar refractivity (Wildman–Crippen MR) is 181 cm³/mol. The zero-order valence-electron chi connectivity index (χ0n) is 24.6. The molecule has 0 saturated heterocycles. The zero-order valence-corrected chi connectivity index (χ0v) is 24.6. The van der Waals surface area contributed by atoms with Crippen LogP contribution in [0.25, 0.3) is 44.1 Å². The van der Waals surface area contributed by atoms with E-state index in [9.17, 15) is 0 Å². The fourth-order valence-electron chi connectivity index (χ4n) is 6.09. The van der Waals surface area contributed by atoms with E-state index in [0.29, 0.717) is 5.92 Å². The molecule has 2 aliphatic rings. The van der Waals surface area contributed by atoms with Gasteiger partial charge >= 0.3 is 0 Å². The molecule has 5 nitrogen and oxygen atoms in total. The minimum absolute atomic E-state index is 0.203. The van der Waals surface area contributed by atoms with Gasteiger partial charge in [0.15, 0.2) is 5.84 Å². The number of amidine groups is 1. The van der Waals surface area contributed by atoms with E-state index in [2.05, 4.69) is 134 Å². The van der Waals surface area contributed by atoms with Crippen molar-refractivity contribution in [2.75, 3.05) is 0 Å². The van der Waals surface area contributed by atoms with Gasteiger partial charge in [0.25, 0.3) is 0 Å². The van der Waals surface area contributed by atoms with E-state index in [0.717, 1.165) is 61.2 Å². The minimum atomic E-state index is -0.203. The Bertz CT molecular complexity index is 2110. The number of hydrogen-bond acceptors (Lipinski definition) is 5. The highest BCUT2D eigenvalue weighted by Crippen LogP contribution is 2.37. The highest BCUT2D eigenvalue weighted by Gasteiger charge is 2.30. The van der Waals surface area contributed by atoms with Crippen molar-refractivity contribution in [3.8, 4) is 11.1 Å².